The van der Waals surface area contributed by atoms with Crippen molar-refractivity contribution in [3.05, 3.63) is 29.8 Å². The van der Waals surface area contributed by atoms with E-state index in [-0.39, 0.29) is 36.8 Å². The van der Waals surface area contributed by atoms with Crippen molar-refractivity contribution in [2.75, 3.05) is 32.8 Å². The normalized spacial score (nSPS) is 17.6. The summed E-state index contributed by atoms with van der Waals surface area (Å²) in [4.78, 5) is 18.3. The number of hydrogen-bond donors (Lipinski definition) is 2. The van der Waals surface area contributed by atoms with Gasteiger partial charge in [0, 0.05) is 31.6 Å². The largest absolute Gasteiger partial charge is 0.491 e. The fourth-order valence-electron chi connectivity index (χ4n) is 3.10. The van der Waals surface area contributed by atoms with Gasteiger partial charge in [0.1, 0.15) is 12.4 Å². The molecular weight excluding hydrogens is 385 g/mol. The van der Waals surface area contributed by atoms with E-state index in [1.165, 1.54) is 18.2 Å². The minimum Gasteiger partial charge on any atom is -0.491 e. The Hall–Kier alpha value is -2.45. The molecule has 0 aromatic heterocycles. The van der Waals surface area contributed by atoms with Gasteiger partial charge >= 0.3 is 6.18 Å². The molecule has 1 fully saturated rings. The van der Waals surface area contributed by atoms with Gasteiger partial charge in [-0.15, -0.1) is 0 Å². The van der Waals surface area contributed by atoms with Crippen LogP contribution in [0.1, 0.15) is 32.8 Å². The van der Waals surface area contributed by atoms with Crippen molar-refractivity contribution in [3.8, 4) is 5.75 Å². The molecule has 2 N–H and O–H groups in total. The van der Waals surface area contributed by atoms with Gasteiger partial charge in [-0.3, -0.25) is 4.79 Å². The molecule has 1 amide bonds. The zero-order valence-electron chi connectivity index (χ0n) is 17.1. The number of carbonyl (C=O) groups excluding carboxylic acids is 1. The van der Waals surface area contributed by atoms with Gasteiger partial charge < -0.3 is 20.3 Å². The molecular formula is C20H29F3N4O2. The van der Waals surface area contributed by atoms with Crippen molar-refractivity contribution in [2.45, 2.75) is 39.4 Å². The Balaban J connectivity index is 1.88. The van der Waals surface area contributed by atoms with Crippen LogP contribution in [-0.2, 0) is 11.0 Å². The maximum atomic E-state index is 13.0. The highest BCUT2D eigenvalue weighted by atomic mass is 19.4. The fourth-order valence-corrected chi connectivity index (χ4v) is 3.10. The van der Waals surface area contributed by atoms with Crippen molar-refractivity contribution < 1.29 is 22.7 Å². The molecule has 6 nitrogen and oxygen atoms in total. The predicted molar refractivity (Wildman–Crippen MR) is 106 cm³/mol. The second-order valence-electron chi connectivity index (χ2n) is 7.17. The quantitative estimate of drug-likeness (QED) is 0.409. The molecule has 9 heteroatoms. The molecule has 1 aliphatic heterocycles. The number of likely N-dealkylation sites (tertiary alicyclic amines) is 1. The number of benzene rings is 1. The Morgan fingerprint density at radius 2 is 2.07 bits per heavy atom. The molecule has 1 unspecified atom stereocenters. The highest BCUT2D eigenvalue weighted by molar-refractivity contribution is 5.81. The first-order valence-corrected chi connectivity index (χ1v) is 9.85. The number of halogens is 3. The molecule has 1 aromatic rings. The van der Waals surface area contributed by atoms with Gasteiger partial charge in [0.15, 0.2) is 5.96 Å². The van der Waals surface area contributed by atoms with Crippen LogP contribution in [0.2, 0.25) is 0 Å². The summed E-state index contributed by atoms with van der Waals surface area (Å²) in [7, 11) is 0. The number of nitrogens with one attached hydrogen (secondary N) is 2. The fraction of sp³-hybridized carbons (Fsp3) is 0.600. The van der Waals surface area contributed by atoms with Crippen LogP contribution in [-0.4, -0.2) is 55.6 Å². The lowest BCUT2D eigenvalue weighted by Crippen LogP contribution is -2.45. The molecule has 0 bridgehead atoms. The van der Waals surface area contributed by atoms with Crippen molar-refractivity contribution in [3.63, 3.8) is 0 Å². The van der Waals surface area contributed by atoms with Gasteiger partial charge in [0.2, 0.25) is 5.91 Å². The summed E-state index contributed by atoms with van der Waals surface area (Å²) in [6.45, 7) is 7.86. The van der Waals surface area contributed by atoms with E-state index in [1.54, 1.807) is 0 Å². The Kier molecular flexibility index (Phi) is 8.16. The topological polar surface area (TPSA) is 66.0 Å². The van der Waals surface area contributed by atoms with E-state index < -0.39 is 11.7 Å². The number of hydrogen-bond acceptors (Lipinski definition) is 3. The highest BCUT2D eigenvalue weighted by Gasteiger charge is 2.34. The number of alkyl halides is 3. The third-order valence-corrected chi connectivity index (χ3v) is 4.49. The van der Waals surface area contributed by atoms with Crippen LogP contribution in [0.3, 0.4) is 0 Å². The first kappa shape index (κ1) is 22.8. The Morgan fingerprint density at radius 1 is 1.34 bits per heavy atom. The van der Waals surface area contributed by atoms with Crippen LogP contribution < -0.4 is 15.4 Å². The van der Waals surface area contributed by atoms with Crippen LogP contribution in [0, 0.1) is 5.92 Å². The maximum absolute atomic E-state index is 13.0. The predicted octanol–water partition coefficient (Wildman–Crippen LogP) is 2.90. The second kappa shape index (κ2) is 10.4. The standard InChI is InChI=1S/C20H29F3N4O2/c1-4-24-19(26-15-9-11-27(13-15)18(28)14(2)3)25-10-12-29-17-8-6-5-7-16(17)20(21,22)23/h5-8,14-15H,4,9-13H2,1-3H3,(H2,24,25,26). The van der Waals surface area contributed by atoms with Gasteiger partial charge in [-0.05, 0) is 25.5 Å². The highest BCUT2D eigenvalue weighted by Crippen LogP contribution is 2.35. The summed E-state index contributed by atoms with van der Waals surface area (Å²) in [5, 5.41) is 6.39. The number of rotatable bonds is 7. The van der Waals surface area contributed by atoms with Gasteiger partial charge in [-0.2, -0.15) is 13.2 Å². The Labute approximate surface area is 169 Å². The minimum absolute atomic E-state index is 0.0201. The van der Waals surface area contributed by atoms with Crippen molar-refractivity contribution in [1.82, 2.24) is 15.5 Å². The number of carbonyl (C=O) groups is 1. The summed E-state index contributed by atoms with van der Waals surface area (Å²) in [6.07, 6.45) is -3.64. The number of para-hydroxylation sites is 1. The van der Waals surface area contributed by atoms with E-state index in [0.717, 1.165) is 12.5 Å². The molecule has 162 valence electrons. The van der Waals surface area contributed by atoms with Crippen LogP contribution in [0.4, 0.5) is 13.2 Å². The molecule has 0 radical (unpaired) electrons. The number of nitrogens with zero attached hydrogens (tertiary/aromatic N) is 2. The second-order valence-corrected chi connectivity index (χ2v) is 7.17. The monoisotopic (exact) mass is 414 g/mol. The first-order chi connectivity index (χ1) is 13.7. The van der Waals surface area contributed by atoms with Crippen molar-refractivity contribution in [2.24, 2.45) is 10.9 Å². The first-order valence-electron chi connectivity index (χ1n) is 9.85. The van der Waals surface area contributed by atoms with Gasteiger partial charge in [-0.1, -0.05) is 26.0 Å². The van der Waals surface area contributed by atoms with Gasteiger partial charge in [0.25, 0.3) is 0 Å². The zero-order valence-corrected chi connectivity index (χ0v) is 17.1. The lowest BCUT2D eigenvalue weighted by Gasteiger charge is -2.20. The molecule has 1 aliphatic rings. The van der Waals surface area contributed by atoms with E-state index in [2.05, 4.69) is 15.6 Å². The SMILES string of the molecule is CCNC(=NCCOc1ccccc1C(F)(F)F)NC1CCN(C(=O)C(C)C)C1. The molecule has 0 saturated carbocycles. The van der Waals surface area contributed by atoms with Gasteiger partial charge in [-0.25, -0.2) is 4.99 Å². The number of ether oxygens (including phenoxy) is 1. The van der Waals surface area contributed by atoms with E-state index in [1.807, 2.05) is 25.7 Å². The zero-order chi connectivity index (χ0) is 21.4. The summed E-state index contributed by atoms with van der Waals surface area (Å²) in [5.74, 6) is 0.455. The molecule has 1 saturated heterocycles. The molecule has 0 aliphatic carbocycles. The smallest absolute Gasteiger partial charge is 0.419 e. The lowest BCUT2D eigenvalue weighted by atomic mass is 10.2. The van der Waals surface area contributed by atoms with E-state index >= 15 is 0 Å². The molecule has 1 aromatic carbocycles. The van der Waals surface area contributed by atoms with E-state index in [4.69, 9.17) is 4.74 Å². The number of aliphatic imine (C=N–C) groups is 1. The summed E-state index contributed by atoms with van der Waals surface area (Å²) in [5.41, 5.74) is -0.796. The summed E-state index contributed by atoms with van der Waals surface area (Å²) < 4.78 is 44.3. The summed E-state index contributed by atoms with van der Waals surface area (Å²) in [6, 6.07) is 5.21. The Bertz CT molecular complexity index is 707. The molecule has 2 rings (SSSR count). The van der Waals surface area contributed by atoms with Gasteiger partial charge in [0.05, 0.1) is 12.1 Å². The molecule has 29 heavy (non-hydrogen) atoms. The van der Waals surface area contributed by atoms with Crippen molar-refractivity contribution >= 4 is 11.9 Å². The van der Waals surface area contributed by atoms with Crippen LogP contribution >= 0.6 is 0 Å². The van der Waals surface area contributed by atoms with Crippen LogP contribution in [0.15, 0.2) is 29.3 Å². The molecule has 1 heterocycles. The van der Waals surface area contributed by atoms with Crippen LogP contribution in [0.25, 0.3) is 0 Å². The third-order valence-electron chi connectivity index (χ3n) is 4.49. The average Bonchev–Trinajstić information content (AvgIpc) is 3.12. The van der Waals surface area contributed by atoms with E-state index in [0.29, 0.717) is 25.6 Å². The number of amides is 1. The Morgan fingerprint density at radius 3 is 2.72 bits per heavy atom. The van der Waals surface area contributed by atoms with E-state index in [9.17, 15) is 18.0 Å². The summed E-state index contributed by atoms with van der Waals surface area (Å²) >= 11 is 0. The van der Waals surface area contributed by atoms with Crippen molar-refractivity contribution in [1.29, 1.82) is 0 Å². The third kappa shape index (κ3) is 6.83. The van der Waals surface area contributed by atoms with Crippen LogP contribution in [0.5, 0.6) is 5.75 Å². The maximum Gasteiger partial charge on any atom is 0.419 e. The molecule has 1 atom stereocenters. The minimum atomic E-state index is -4.46. The lowest BCUT2D eigenvalue weighted by molar-refractivity contribution is -0.139. The molecule has 0 spiro atoms. The average molecular weight is 414 g/mol. The number of guanidine groups is 1.